The van der Waals surface area contributed by atoms with Crippen molar-refractivity contribution in [3.63, 3.8) is 0 Å². The number of nitrogens with zero attached hydrogens (tertiary/aromatic N) is 1. The fourth-order valence-electron chi connectivity index (χ4n) is 3.58. The van der Waals surface area contributed by atoms with E-state index >= 15 is 0 Å². The molecule has 0 saturated heterocycles. The molecule has 1 heterocycles. The minimum absolute atomic E-state index is 0.0189. The van der Waals surface area contributed by atoms with Crippen molar-refractivity contribution in [3.05, 3.63) is 70.8 Å². The topological polar surface area (TPSA) is 84.6 Å². The van der Waals surface area contributed by atoms with Gasteiger partial charge in [0, 0.05) is 5.69 Å². The number of hydrogen-bond acceptors (Lipinski definition) is 5. The van der Waals surface area contributed by atoms with Crippen LogP contribution in [0.2, 0.25) is 0 Å². The van der Waals surface area contributed by atoms with Crippen molar-refractivity contribution in [2.75, 3.05) is 11.9 Å². The summed E-state index contributed by atoms with van der Waals surface area (Å²) in [5, 5.41) is 13.1. The van der Waals surface area contributed by atoms with Gasteiger partial charge in [-0.25, -0.2) is 4.98 Å². The van der Waals surface area contributed by atoms with Crippen LogP contribution in [0.4, 0.5) is 5.69 Å². The molecule has 2 N–H and O–H groups in total. The second kappa shape index (κ2) is 8.14. The van der Waals surface area contributed by atoms with Gasteiger partial charge in [-0.3, -0.25) is 4.79 Å². The largest absolute Gasteiger partial charge is 0.507 e. The summed E-state index contributed by atoms with van der Waals surface area (Å²) >= 11 is 0. The van der Waals surface area contributed by atoms with Crippen LogP contribution < -0.4 is 10.1 Å². The Balaban J connectivity index is 1.52. The average Bonchev–Trinajstić information content (AvgIpc) is 3.13. The number of nitrogens with one attached hydrogen (secondary N) is 1. The zero-order chi connectivity index (χ0) is 22.1. The normalized spacial score (nSPS) is 11.0. The second-order valence-electron chi connectivity index (χ2n) is 7.79. The quantitative estimate of drug-likeness (QED) is 0.423. The van der Waals surface area contributed by atoms with E-state index in [-0.39, 0.29) is 18.3 Å². The molecule has 4 rings (SSSR count). The summed E-state index contributed by atoms with van der Waals surface area (Å²) in [5.41, 5.74) is 6.48. The highest BCUT2D eigenvalue weighted by atomic mass is 16.5. The van der Waals surface area contributed by atoms with Gasteiger partial charge in [0.1, 0.15) is 17.0 Å². The Hall–Kier alpha value is -3.80. The molecule has 0 bridgehead atoms. The van der Waals surface area contributed by atoms with Crippen LogP contribution in [0, 0.1) is 27.7 Å². The molecule has 0 aliphatic rings. The molecule has 0 radical (unpaired) electrons. The van der Waals surface area contributed by atoms with Crippen molar-refractivity contribution in [1.29, 1.82) is 0 Å². The van der Waals surface area contributed by atoms with E-state index in [0.717, 1.165) is 27.8 Å². The number of carbonyl (C=O) groups is 1. The van der Waals surface area contributed by atoms with Crippen LogP contribution in [0.1, 0.15) is 22.3 Å². The van der Waals surface area contributed by atoms with Crippen molar-refractivity contribution >= 4 is 22.7 Å². The van der Waals surface area contributed by atoms with Gasteiger partial charge in [0.15, 0.2) is 12.2 Å². The molecule has 0 aliphatic carbocycles. The van der Waals surface area contributed by atoms with Crippen LogP contribution in [0.3, 0.4) is 0 Å². The Morgan fingerprint density at radius 3 is 2.55 bits per heavy atom. The monoisotopic (exact) mass is 416 g/mol. The first-order valence-electron chi connectivity index (χ1n) is 10.0. The Morgan fingerprint density at radius 2 is 1.77 bits per heavy atom. The number of oxazole rings is 1. The molecular weight excluding hydrogens is 392 g/mol. The number of amides is 1. The molecule has 158 valence electrons. The van der Waals surface area contributed by atoms with Gasteiger partial charge in [0.2, 0.25) is 5.89 Å². The third-order valence-corrected chi connectivity index (χ3v) is 5.02. The number of carbonyl (C=O) groups excluding carboxylic acids is 1. The lowest BCUT2D eigenvalue weighted by Gasteiger charge is -2.11. The molecule has 0 saturated carbocycles. The van der Waals surface area contributed by atoms with Crippen LogP contribution >= 0.6 is 0 Å². The lowest BCUT2D eigenvalue weighted by atomic mass is 10.1. The Bertz CT molecular complexity index is 1290. The maximum Gasteiger partial charge on any atom is 0.262 e. The van der Waals surface area contributed by atoms with Crippen LogP contribution in [0.25, 0.3) is 22.6 Å². The summed E-state index contributed by atoms with van der Waals surface area (Å²) < 4.78 is 11.5. The molecule has 6 heteroatoms. The summed E-state index contributed by atoms with van der Waals surface area (Å²) in [7, 11) is 0. The fourth-order valence-corrected chi connectivity index (χ4v) is 3.58. The molecule has 1 amide bonds. The first kappa shape index (κ1) is 20.5. The molecule has 0 atom stereocenters. The minimum atomic E-state index is -0.305. The molecule has 6 nitrogen and oxygen atoms in total. The minimum Gasteiger partial charge on any atom is -0.507 e. The van der Waals surface area contributed by atoms with Gasteiger partial charge >= 0.3 is 0 Å². The second-order valence-corrected chi connectivity index (χ2v) is 7.79. The Labute approximate surface area is 180 Å². The average molecular weight is 416 g/mol. The van der Waals surface area contributed by atoms with Crippen LogP contribution in [-0.2, 0) is 4.79 Å². The highest BCUT2D eigenvalue weighted by Crippen LogP contribution is 2.34. The predicted molar refractivity (Wildman–Crippen MR) is 121 cm³/mol. The first-order chi connectivity index (χ1) is 14.8. The predicted octanol–water partition coefficient (Wildman–Crippen LogP) is 5.45. The first-order valence-corrected chi connectivity index (χ1v) is 10.0. The zero-order valence-corrected chi connectivity index (χ0v) is 17.9. The molecule has 0 unspecified atom stereocenters. The van der Waals surface area contributed by atoms with Crippen molar-refractivity contribution in [3.8, 4) is 23.0 Å². The molecule has 1 aromatic heterocycles. The summed E-state index contributed by atoms with van der Waals surface area (Å²) in [5.74, 6) is 0.680. The Kier molecular flexibility index (Phi) is 5.38. The number of hydrogen-bond donors (Lipinski definition) is 2. The van der Waals surface area contributed by atoms with E-state index < -0.39 is 0 Å². The van der Waals surface area contributed by atoms with Gasteiger partial charge in [0.05, 0.1) is 5.56 Å². The SMILES string of the molecule is Cc1ccc(OCC(=O)Nc2ccc(O)c(-c3nc4cc(C)cc(C)c4o3)c2)c(C)c1. The number of anilines is 1. The van der Waals surface area contributed by atoms with Crippen LogP contribution in [0.5, 0.6) is 11.5 Å². The smallest absolute Gasteiger partial charge is 0.262 e. The van der Waals surface area contributed by atoms with Gasteiger partial charge in [-0.15, -0.1) is 0 Å². The maximum atomic E-state index is 12.4. The van der Waals surface area contributed by atoms with E-state index in [0.29, 0.717) is 28.5 Å². The van der Waals surface area contributed by atoms with Crippen molar-refractivity contribution in [2.24, 2.45) is 0 Å². The highest BCUT2D eigenvalue weighted by Gasteiger charge is 2.16. The summed E-state index contributed by atoms with van der Waals surface area (Å²) in [6.45, 7) is 7.77. The molecule has 4 aromatic rings. The van der Waals surface area contributed by atoms with E-state index in [1.807, 2.05) is 58.0 Å². The summed E-state index contributed by atoms with van der Waals surface area (Å²) in [4.78, 5) is 16.9. The molecule has 0 fully saturated rings. The van der Waals surface area contributed by atoms with Crippen LogP contribution in [-0.4, -0.2) is 22.6 Å². The lowest BCUT2D eigenvalue weighted by Crippen LogP contribution is -2.20. The van der Waals surface area contributed by atoms with E-state index in [9.17, 15) is 9.90 Å². The number of rotatable bonds is 5. The highest BCUT2D eigenvalue weighted by molar-refractivity contribution is 5.93. The van der Waals surface area contributed by atoms with E-state index in [1.54, 1.807) is 12.1 Å². The molecular formula is C25H24N2O4. The summed E-state index contributed by atoms with van der Waals surface area (Å²) in [6, 6.07) is 14.5. The van der Waals surface area contributed by atoms with Crippen LogP contribution in [0.15, 0.2) is 52.9 Å². The number of ether oxygens (including phenoxy) is 1. The standard InChI is InChI=1S/C25H24N2O4/c1-14-5-8-22(16(3)9-14)30-13-23(29)26-18-6-7-21(28)19(12-18)25-27-20-11-15(2)10-17(4)24(20)31-25/h5-12,28H,13H2,1-4H3,(H,26,29). The van der Waals surface area contributed by atoms with E-state index in [1.165, 1.54) is 6.07 Å². The molecule has 0 spiro atoms. The Morgan fingerprint density at radius 1 is 1.00 bits per heavy atom. The molecule has 0 aliphatic heterocycles. The lowest BCUT2D eigenvalue weighted by molar-refractivity contribution is -0.118. The number of aromatic nitrogens is 1. The van der Waals surface area contributed by atoms with Gasteiger partial charge in [-0.05, 0) is 74.7 Å². The van der Waals surface area contributed by atoms with Gasteiger partial charge < -0.3 is 19.6 Å². The number of phenols is 1. The number of aromatic hydroxyl groups is 1. The molecule has 31 heavy (non-hydrogen) atoms. The van der Waals surface area contributed by atoms with E-state index in [4.69, 9.17) is 9.15 Å². The van der Waals surface area contributed by atoms with Crippen molar-refractivity contribution in [1.82, 2.24) is 4.98 Å². The third-order valence-electron chi connectivity index (χ3n) is 5.02. The number of benzene rings is 3. The maximum absolute atomic E-state index is 12.4. The summed E-state index contributed by atoms with van der Waals surface area (Å²) in [6.07, 6.45) is 0. The van der Waals surface area contributed by atoms with Crippen molar-refractivity contribution in [2.45, 2.75) is 27.7 Å². The van der Waals surface area contributed by atoms with Gasteiger partial charge in [-0.1, -0.05) is 23.8 Å². The fraction of sp³-hybridized carbons (Fsp3) is 0.200. The number of phenolic OH excluding ortho intramolecular Hbond substituents is 1. The van der Waals surface area contributed by atoms with E-state index in [2.05, 4.69) is 10.3 Å². The third kappa shape index (κ3) is 4.38. The van der Waals surface area contributed by atoms with Gasteiger partial charge in [-0.2, -0.15) is 0 Å². The zero-order valence-electron chi connectivity index (χ0n) is 17.9. The van der Waals surface area contributed by atoms with Crippen molar-refractivity contribution < 1.29 is 19.1 Å². The van der Waals surface area contributed by atoms with Gasteiger partial charge in [0.25, 0.3) is 5.91 Å². The molecule has 3 aromatic carbocycles. The number of fused-ring (bicyclic) bond motifs is 1. The number of aryl methyl sites for hydroxylation is 4.